The number of carbonyl (C=O) groups is 1. The summed E-state index contributed by atoms with van der Waals surface area (Å²) in [6.07, 6.45) is 15.6. The zero-order valence-corrected chi connectivity index (χ0v) is 12.1. The van der Waals surface area contributed by atoms with Crippen molar-refractivity contribution in [2.75, 3.05) is 6.61 Å². The van der Waals surface area contributed by atoms with Crippen LogP contribution in [0.15, 0.2) is 23.8 Å². The van der Waals surface area contributed by atoms with Crippen LogP contribution in [0.1, 0.15) is 64.7 Å². The van der Waals surface area contributed by atoms with Crippen molar-refractivity contribution in [3.8, 4) is 0 Å². The first kappa shape index (κ1) is 17.9. The standard InChI is InChI=1S/C16H28O3/c1-2-3-4-5-6-7-8-9-10-11-12-15(13-14-17)16(18)19/h10-12,17H,2-9,13-14H2,1H3,(H,18,19). The number of allylic oxidation sites excluding steroid dienone is 3. The maximum Gasteiger partial charge on any atom is 0.331 e. The van der Waals surface area contributed by atoms with Crippen molar-refractivity contribution < 1.29 is 15.0 Å². The Balaban J connectivity index is 3.61. The van der Waals surface area contributed by atoms with E-state index in [0.717, 1.165) is 6.42 Å². The fourth-order valence-electron chi connectivity index (χ4n) is 1.88. The fraction of sp³-hybridized carbons (Fsp3) is 0.688. The summed E-state index contributed by atoms with van der Waals surface area (Å²) >= 11 is 0. The average molecular weight is 268 g/mol. The molecular weight excluding hydrogens is 240 g/mol. The molecule has 0 aromatic rings. The Labute approximate surface area is 117 Å². The molecule has 0 atom stereocenters. The van der Waals surface area contributed by atoms with E-state index in [1.54, 1.807) is 12.2 Å². The van der Waals surface area contributed by atoms with Gasteiger partial charge in [-0.3, -0.25) is 0 Å². The lowest BCUT2D eigenvalue weighted by atomic mass is 10.1. The fourth-order valence-corrected chi connectivity index (χ4v) is 1.88. The van der Waals surface area contributed by atoms with E-state index < -0.39 is 5.97 Å². The molecule has 0 heterocycles. The van der Waals surface area contributed by atoms with E-state index in [2.05, 4.69) is 6.92 Å². The molecule has 0 saturated carbocycles. The summed E-state index contributed by atoms with van der Waals surface area (Å²) in [6, 6.07) is 0. The molecule has 0 amide bonds. The van der Waals surface area contributed by atoms with Gasteiger partial charge in [0.25, 0.3) is 0 Å². The quantitative estimate of drug-likeness (QED) is 0.318. The molecule has 110 valence electrons. The predicted octanol–water partition coefficient (Wildman–Crippen LogP) is 4.08. The van der Waals surface area contributed by atoms with Crippen LogP contribution >= 0.6 is 0 Å². The van der Waals surface area contributed by atoms with Crippen molar-refractivity contribution in [1.82, 2.24) is 0 Å². The van der Waals surface area contributed by atoms with Crippen LogP contribution in [0.3, 0.4) is 0 Å². The second-order valence-corrected chi connectivity index (χ2v) is 4.81. The Bertz CT molecular complexity index is 280. The monoisotopic (exact) mass is 268 g/mol. The molecule has 3 nitrogen and oxygen atoms in total. The number of carboxylic acid groups (broad SMARTS) is 1. The largest absolute Gasteiger partial charge is 0.478 e. The number of carboxylic acids is 1. The van der Waals surface area contributed by atoms with Gasteiger partial charge in [-0.05, 0) is 12.8 Å². The van der Waals surface area contributed by atoms with Crippen molar-refractivity contribution in [3.05, 3.63) is 23.8 Å². The second-order valence-electron chi connectivity index (χ2n) is 4.81. The van der Waals surface area contributed by atoms with Gasteiger partial charge < -0.3 is 10.2 Å². The Morgan fingerprint density at radius 1 is 1.05 bits per heavy atom. The maximum absolute atomic E-state index is 10.8. The highest BCUT2D eigenvalue weighted by atomic mass is 16.4. The molecular formula is C16H28O3. The lowest BCUT2D eigenvalue weighted by Gasteiger charge is -1.99. The van der Waals surface area contributed by atoms with Gasteiger partial charge in [-0.2, -0.15) is 0 Å². The third kappa shape index (κ3) is 11.7. The van der Waals surface area contributed by atoms with E-state index in [1.807, 2.05) is 6.08 Å². The van der Waals surface area contributed by atoms with Gasteiger partial charge in [-0.1, -0.05) is 63.7 Å². The van der Waals surface area contributed by atoms with E-state index in [0.29, 0.717) is 0 Å². The molecule has 0 rings (SSSR count). The molecule has 0 aliphatic carbocycles. The molecule has 0 aliphatic rings. The van der Waals surface area contributed by atoms with Crippen LogP contribution in [-0.2, 0) is 4.79 Å². The highest BCUT2D eigenvalue weighted by Gasteiger charge is 2.03. The molecule has 0 radical (unpaired) electrons. The van der Waals surface area contributed by atoms with Crippen molar-refractivity contribution in [2.24, 2.45) is 0 Å². The van der Waals surface area contributed by atoms with Gasteiger partial charge >= 0.3 is 5.97 Å². The molecule has 0 unspecified atom stereocenters. The minimum Gasteiger partial charge on any atom is -0.478 e. The molecule has 0 aromatic carbocycles. The zero-order valence-electron chi connectivity index (χ0n) is 12.1. The van der Waals surface area contributed by atoms with E-state index >= 15 is 0 Å². The average Bonchev–Trinajstić information content (AvgIpc) is 2.39. The summed E-state index contributed by atoms with van der Waals surface area (Å²) in [5.41, 5.74) is 0.262. The predicted molar refractivity (Wildman–Crippen MR) is 79.2 cm³/mol. The third-order valence-electron chi connectivity index (χ3n) is 3.06. The summed E-state index contributed by atoms with van der Waals surface area (Å²) in [6.45, 7) is 2.10. The first-order valence-electron chi connectivity index (χ1n) is 7.42. The topological polar surface area (TPSA) is 57.5 Å². The van der Waals surface area contributed by atoms with Crippen LogP contribution in [-0.4, -0.2) is 22.8 Å². The van der Waals surface area contributed by atoms with Crippen molar-refractivity contribution in [1.29, 1.82) is 0 Å². The SMILES string of the molecule is CCCCCCCCCC=CC=C(CCO)C(=O)O. The van der Waals surface area contributed by atoms with E-state index in [4.69, 9.17) is 10.2 Å². The lowest BCUT2D eigenvalue weighted by Crippen LogP contribution is -2.02. The molecule has 0 fully saturated rings. The Hall–Kier alpha value is -1.09. The van der Waals surface area contributed by atoms with Crippen LogP contribution in [0.4, 0.5) is 0 Å². The minimum atomic E-state index is -0.949. The summed E-state index contributed by atoms with van der Waals surface area (Å²) in [4.78, 5) is 10.8. The van der Waals surface area contributed by atoms with Crippen molar-refractivity contribution >= 4 is 5.97 Å². The Morgan fingerprint density at radius 3 is 2.26 bits per heavy atom. The summed E-state index contributed by atoms with van der Waals surface area (Å²) in [5, 5.41) is 17.6. The van der Waals surface area contributed by atoms with Gasteiger partial charge in [0.05, 0.1) is 0 Å². The Kier molecular flexibility index (Phi) is 12.6. The number of rotatable bonds is 12. The van der Waals surface area contributed by atoms with Crippen LogP contribution < -0.4 is 0 Å². The number of hydrogen-bond donors (Lipinski definition) is 2. The van der Waals surface area contributed by atoms with E-state index in [1.165, 1.54) is 44.9 Å². The van der Waals surface area contributed by atoms with Crippen LogP contribution in [0.5, 0.6) is 0 Å². The number of aliphatic hydroxyl groups is 1. The lowest BCUT2D eigenvalue weighted by molar-refractivity contribution is -0.132. The second kappa shape index (κ2) is 13.3. The molecule has 3 heteroatoms. The molecule has 0 saturated heterocycles. The number of aliphatic hydroxyl groups excluding tert-OH is 1. The number of aliphatic carboxylic acids is 1. The van der Waals surface area contributed by atoms with Gasteiger partial charge in [0, 0.05) is 18.6 Å². The van der Waals surface area contributed by atoms with Crippen molar-refractivity contribution in [3.63, 3.8) is 0 Å². The van der Waals surface area contributed by atoms with Gasteiger partial charge in [-0.15, -0.1) is 0 Å². The molecule has 0 bridgehead atoms. The normalized spacial score (nSPS) is 12.2. The number of hydrogen-bond acceptors (Lipinski definition) is 2. The summed E-state index contributed by atoms with van der Waals surface area (Å²) in [7, 11) is 0. The van der Waals surface area contributed by atoms with Crippen molar-refractivity contribution in [2.45, 2.75) is 64.7 Å². The maximum atomic E-state index is 10.8. The van der Waals surface area contributed by atoms with Gasteiger partial charge in [-0.25, -0.2) is 4.79 Å². The van der Waals surface area contributed by atoms with Gasteiger partial charge in [0.1, 0.15) is 0 Å². The van der Waals surface area contributed by atoms with Crippen LogP contribution in [0.2, 0.25) is 0 Å². The minimum absolute atomic E-state index is 0.121. The molecule has 19 heavy (non-hydrogen) atoms. The highest BCUT2D eigenvalue weighted by molar-refractivity contribution is 5.86. The van der Waals surface area contributed by atoms with E-state index in [-0.39, 0.29) is 18.6 Å². The highest BCUT2D eigenvalue weighted by Crippen LogP contribution is 2.09. The molecule has 0 spiro atoms. The van der Waals surface area contributed by atoms with E-state index in [9.17, 15) is 4.79 Å². The van der Waals surface area contributed by atoms with Gasteiger partial charge in [0.2, 0.25) is 0 Å². The smallest absolute Gasteiger partial charge is 0.331 e. The molecule has 2 N–H and O–H groups in total. The van der Waals surface area contributed by atoms with Crippen LogP contribution in [0.25, 0.3) is 0 Å². The third-order valence-corrected chi connectivity index (χ3v) is 3.06. The zero-order chi connectivity index (χ0) is 14.3. The first-order chi connectivity index (χ1) is 9.22. The molecule has 0 aliphatic heterocycles. The number of unbranched alkanes of at least 4 members (excludes halogenated alkanes) is 7. The van der Waals surface area contributed by atoms with Crippen LogP contribution in [0, 0.1) is 0 Å². The summed E-state index contributed by atoms with van der Waals surface area (Å²) in [5.74, 6) is -0.949. The first-order valence-corrected chi connectivity index (χ1v) is 7.42. The Morgan fingerprint density at radius 2 is 1.68 bits per heavy atom. The van der Waals surface area contributed by atoms with Gasteiger partial charge in [0.15, 0.2) is 0 Å². The molecule has 0 aromatic heterocycles. The summed E-state index contributed by atoms with van der Waals surface area (Å²) < 4.78 is 0.